The van der Waals surface area contributed by atoms with Crippen LogP contribution in [0.25, 0.3) is 0 Å². The summed E-state index contributed by atoms with van der Waals surface area (Å²) >= 11 is 0. The minimum absolute atomic E-state index is 0.0952. The van der Waals surface area contributed by atoms with Gasteiger partial charge in [-0.05, 0) is 13.3 Å². The third-order valence-corrected chi connectivity index (χ3v) is 4.13. The van der Waals surface area contributed by atoms with Crippen LogP contribution in [0.5, 0.6) is 0 Å². The Hall–Kier alpha value is -0.810. The third kappa shape index (κ3) is 2.34. The van der Waals surface area contributed by atoms with Crippen molar-refractivity contribution in [1.29, 1.82) is 0 Å². The van der Waals surface area contributed by atoms with E-state index in [1.54, 1.807) is 7.11 Å². The average Bonchev–Trinajstić information content (AvgIpc) is 2.72. The lowest BCUT2D eigenvalue weighted by Gasteiger charge is -2.52. The molecule has 5 heteroatoms. The highest BCUT2D eigenvalue weighted by molar-refractivity contribution is 5.78. The van der Waals surface area contributed by atoms with Crippen LogP contribution in [0.4, 0.5) is 0 Å². The number of hydrogen-bond donors (Lipinski definition) is 2. The molecule has 2 fully saturated rings. The van der Waals surface area contributed by atoms with Crippen LogP contribution in [0.3, 0.4) is 0 Å². The SMILES string of the molecule is COCC(C)NC(N)=NC1C2CCOC2C1(C)C. The molecule has 2 aliphatic rings. The van der Waals surface area contributed by atoms with E-state index in [1.165, 1.54) is 0 Å². The third-order valence-electron chi connectivity index (χ3n) is 4.13. The van der Waals surface area contributed by atoms with Gasteiger partial charge in [0.25, 0.3) is 0 Å². The first kappa shape index (κ1) is 13.6. The first-order valence-corrected chi connectivity index (χ1v) is 6.67. The van der Waals surface area contributed by atoms with E-state index in [0.29, 0.717) is 24.6 Å². The summed E-state index contributed by atoms with van der Waals surface area (Å²) in [6.45, 7) is 7.93. The van der Waals surface area contributed by atoms with Crippen molar-refractivity contribution in [2.45, 2.75) is 45.4 Å². The summed E-state index contributed by atoms with van der Waals surface area (Å²) in [5.41, 5.74) is 6.06. The molecule has 0 radical (unpaired) electrons. The Balaban J connectivity index is 1.95. The lowest BCUT2D eigenvalue weighted by molar-refractivity contribution is -0.0986. The second kappa shape index (κ2) is 5.05. The fraction of sp³-hybridized carbons (Fsp3) is 0.923. The number of rotatable bonds is 4. The molecule has 1 aliphatic heterocycles. The largest absolute Gasteiger partial charge is 0.383 e. The van der Waals surface area contributed by atoms with Crippen LogP contribution < -0.4 is 11.1 Å². The number of nitrogens with two attached hydrogens (primary N) is 1. The van der Waals surface area contributed by atoms with Gasteiger partial charge < -0.3 is 20.5 Å². The first-order chi connectivity index (χ1) is 8.46. The molecule has 1 saturated carbocycles. The van der Waals surface area contributed by atoms with Gasteiger partial charge in [0.15, 0.2) is 5.96 Å². The van der Waals surface area contributed by atoms with Gasteiger partial charge in [0.1, 0.15) is 0 Å². The zero-order valence-corrected chi connectivity index (χ0v) is 11.8. The molecule has 4 unspecified atom stereocenters. The van der Waals surface area contributed by atoms with Crippen molar-refractivity contribution >= 4 is 5.96 Å². The van der Waals surface area contributed by atoms with Gasteiger partial charge >= 0.3 is 0 Å². The average molecular weight is 255 g/mol. The topological polar surface area (TPSA) is 68.9 Å². The van der Waals surface area contributed by atoms with Crippen LogP contribution >= 0.6 is 0 Å². The summed E-state index contributed by atoms with van der Waals surface area (Å²) in [6, 6.07) is 0.449. The van der Waals surface area contributed by atoms with Gasteiger partial charge in [-0.25, -0.2) is 4.99 Å². The molecule has 2 rings (SSSR count). The summed E-state index contributed by atoms with van der Waals surface area (Å²) in [6.07, 6.45) is 1.46. The Bertz CT molecular complexity index is 330. The molecule has 0 aromatic heterocycles. The molecular formula is C13H25N3O2. The molecule has 4 atom stereocenters. The lowest BCUT2D eigenvalue weighted by atomic mass is 9.57. The number of guanidine groups is 1. The van der Waals surface area contributed by atoms with Crippen molar-refractivity contribution in [3.05, 3.63) is 0 Å². The maximum atomic E-state index is 5.96. The predicted octanol–water partition coefficient (Wildman–Crippen LogP) is 0.739. The summed E-state index contributed by atoms with van der Waals surface area (Å²) in [5, 5.41) is 3.16. The van der Waals surface area contributed by atoms with Gasteiger partial charge in [-0.3, -0.25) is 0 Å². The van der Waals surface area contributed by atoms with E-state index in [-0.39, 0.29) is 17.5 Å². The second-order valence-corrected chi connectivity index (χ2v) is 6.03. The van der Waals surface area contributed by atoms with E-state index in [1.807, 2.05) is 6.92 Å². The molecular weight excluding hydrogens is 230 g/mol. The smallest absolute Gasteiger partial charge is 0.189 e. The highest BCUT2D eigenvalue weighted by Gasteiger charge is 2.59. The molecule has 0 bridgehead atoms. The number of nitrogens with one attached hydrogen (secondary N) is 1. The summed E-state index contributed by atoms with van der Waals surface area (Å²) < 4.78 is 10.8. The van der Waals surface area contributed by atoms with Crippen molar-refractivity contribution in [1.82, 2.24) is 5.32 Å². The van der Waals surface area contributed by atoms with Crippen molar-refractivity contribution in [2.24, 2.45) is 22.1 Å². The number of hydrogen-bond acceptors (Lipinski definition) is 3. The van der Waals surface area contributed by atoms with E-state index in [4.69, 9.17) is 15.2 Å². The van der Waals surface area contributed by atoms with Crippen molar-refractivity contribution in [3.63, 3.8) is 0 Å². The molecule has 0 spiro atoms. The second-order valence-electron chi connectivity index (χ2n) is 6.03. The van der Waals surface area contributed by atoms with Crippen LogP contribution in [0.1, 0.15) is 27.2 Å². The Kier molecular flexibility index (Phi) is 3.82. The molecule has 1 saturated heterocycles. The monoisotopic (exact) mass is 255 g/mol. The van der Waals surface area contributed by atoms with Crippen LogP contribution in [0.15, 0.2) is 4.99 Å². The molecule has 0 aromatic carbocycles. The summed E-state index contributed by atoms with van der Waals surface area (Å²) in [7, 11) is 1.68. The van der Waals surface area contributed by atoms with Gasteiger partial charge in [0.05, 0.1) is 18.8 Å². The van der Waals surface area contributed by atoms with Gasteiger partial charge in [-0.1, -0.05) is 13.8 Å². The Labute approximate surface area is 109 Å². The van der Waals surface area contributed by atoms with E-state index in [0.717, 1.165) is 13.0 Å². The maximum absolute atomic E-state index is 5.96. The number of ether oxygens (including phenoxy) is 2. The fourth-order valence-electron chi connectivity index (χ4n) is 3.29. The predicted molar refractivity (Wildman–Crippen MR) is 71.5 cm³/mol. The normalized spacial score (nSPS) is 35.8. The Morgan fingerprint density at radius 3 is 3.00 bits per heavy atom. The molecule has 1 aliphatic carbocycles. The van der Waals surface area contributed by atoms with Crippen LogP contribution in [-0.2, 0) is 9.47 Å². The van der Waals surface area contributed by atoms with Crippen LogP contribution in [0.2, 0.25) is 0 Å². The highest BCUT2D eigenvalue weighted by Crippen LogP contribution is 2.53. The Morgan fingerprint density at radius 1 is 1.61 bits per heavy atom. The quantitative estimate of drug-likeness (QED) is 0.574. The maximum Gasteiger partial charge on any atom is 0.189 e. The minimum Gasteiger partial charge on any atom is -0.383 e. The Morgan fingerprint density at radius 2 is 2.33 bits per heavy atom. The molecule has 18 heavy (non-hydrogen) atoms. The number of methoxy groups -OCH3 is 1. The van der Waals surface area contributed by atoms with Gasteiger partial charge in [0.2, 0.25) is 0 Å². The highest BCUT2D eigenvalue weighted by atomic mass is 16.5. The number of nitrogens with zero attached hydrogens (tertiary/aromatic N) is 1. The zero-order valence-electron chi connectivity index (χ0n) is 11.8. The first-order valence-electron chi connectivity index (χ1n) is 6.67. The zero-order chi connectivity index (χ0) is 13.3. The van der Waals surface area contributed by atoms with Gasteiger partial charge in [0, 0.05) is 31.1 Å². The van der Waals surface area contributed by atoms with Gasteiger partial charge in [-0.2, -0.15) is 0 Å². The number of aliphatic imine (C=N–C) groups is 1. The fourth-order valence-corrected chi connectivity index (χ4v) is 3.29. The minimum atomic E-state index is 0.0952. The molecule has 1 heterocycles. The molecule has 0 aromatic rings. The van der Waals surface area contributed by atoms with Crippen molar-refractivity contribution in [3.8, 4) is 0 Å². The molecule has 5 nitrogen and oxygen atoms in total. The van der Waals surface area contributed by atoms with E-state index < -0.39 is 0 Å². The lowest BCUT2D eigenvalue weighted by Crippen LogP contribution is -2.60. The summed E-state index contributed by atoms with van der Waals surface area (Å²) in [4.78, 5) is 4.65. The van der Waals surface area contributed by atoms with E-state index in [2.05, 4.69) is 24.2 Å². The standard InChI is InChI=1S/C13H25N3O2/c1-8(7-17-4)15-12(14)16-10-9-5-6-18-11(9)13(10,2)3/h8-11H,5-7H2,1-4H3,(H3,14,15,16). The number of fused-ring (bicyclic) bond motifs is 1. The molecule has 0 amide bonds. The molecule has 3 N–H and O–H groups in total. The van der Waals surface area contributed by atoms with Crippen molar-refractivity contribution < 1.29 is 9.47 Å². The summed E-state index contributed by atoms with van der Waals surface area (Å²) in [5.74, 6) is 1.06. The van der Waals surface area contributed by atoms with Crippen LogP contribution in [-0.4, -0.2) is 44.5 Å². The van der Waals surface area contributed by atoms with Crippen LogP contribution in [0, 0.1) is 11.3 Å². The van der Waals surface area contributed by atoms with Gasteiger partial charge in [-0.15, -0.1) is 0 Å². The van der Waals surface area contributed by atoms with E-state index >= 15 is 0 Å². The molecule has 104 valence electrons. The van der Waals surface area contributed by atoms with Crippen molar-refractivity contribution in [2.75, 3.05) is 20.3 Å². The van der Waals surface area contributed by atoms with E-state index in [9.17, 15) is 0 Å².